The van der Waals surface area contributed by atoms with E-state index in [1.807, 2.05) is 0 Å². The lowest BCUT2D eigenvalue weighted by molar-refractivity contribution is -0.136. The van der Waals surface area contributed by atoms with Gasteiger partial charge in [0.1, 0.15) is 0 Å². The van der Waals surface area contributed by atoms with E-state index in [9.17, 15) is 13.2 Å². The molecule has 0 aliphatic heterocycles. The van der Waals surface area contributed by atoms with Gasteiger partial charge in [-0.1, -0.05) is 6.07 Å². The fourth-order valence-electron chi connectivity index (χ4n) is 1.35. The van der Waals surface area contributed by atoms with Crippen molar-refractivity contribution in [3.8, 4) is 0 Å². The maximum Gasteiger partial charge on any atom is 0.417 e. The first kappa shape index (κ1) is 9.33. The average Bonchev–Trinajstić information content (AvgIpc) is 2.46. The van der Waals surface area contributed by atoms with Gasteiger partial charge in [-0.2, -0.15) is 13.2 Å². The van der Waals surface area contributed by atoms with Crippen molar-refractivity contribution in [2.45, 2.75) is 6.18 Å². The fraction of sp³-hybridized carbons (Fsp3) is 0.111. The van der Waals surface area contributed by atoms with Crippen LogP contribution in [0.3, 0.4) is 0 Å². The largest absolute Gasteiger partial charge is 0.417 e. The number of nitrogen functional groups attached to an aromatic ring is 1. The SMILES string of the molecule is Nc1csc2cccc(C(F)(F)F)c12. The third-order valence-corrected chi connectivity index (χ3v) is 2.90. The highest BCUT2D eigenvalue weighted by Gasteiger charge is 2.33. The first-order chi connectivity index (χ1) is 6.50. The van der Waals surface area contributed by atoms with Crippen LogP contribution in [0.15, 0.2) is 23.6 Å². The van der Waals surface area contributed by atoms with Gasteiger partial charge >= 0.3 is 6.18 Å². The van der Waals surface area contributed by atoms with Crippen LogP contribution in [-0.2, 0) is 6.18 Å². The smallest absolute Gasteiger partial charge is 0.398 e. The number of benzene rings is 1. The Morgan fingerprint density at radius 3 is 2.57 bits per heavy atom. The molecule has 74 valence electrons. The Labute approximate surface area is 82.0 Å². The minimum absolute atomic E-state index is 0.116. The number of hydrogen-bond acceptors (Lipinski definition) is 2. The minimum Gasteiger partial charge on any atom is -0.398 e. The van der Waals surface area contributed by atoms with E-state index in [0.29, 0.717) is 4.70 Å². The molecule has 2 aromatic rings. The second-order valence-corrected chi connectivity index (χ2v) is 3.78. The number of anilines is 1. The van der Waals surface area contributed by atoms with Crippen molar-refractivity contribution in [1.29, 1.82) is 0 Å². The summed E-state index contributed by atoms with van der Waals surface area (Å²) in [6.45, 7) is 0. The van der Waals surface area contributed by atoms with Crippen LogP contribution >= 0.6 is 11.3 Å². The lowest BCUT2D eigenvalue weighted by Gasteiger charge is -2.08. The van der Waals surface area contributed by atoms with E-state index >= 15 is 0 Å². The molecular weight excluding hydrogens is 211 g/mol. The van der Waals surface area contributed by atoms with Crippen molar-refractivity contribution < 1.29 is 13.2 Å². The standard InChI is InChI=1S/C9H6F3NS/c10-9(11,12)5-2-1-3-7-8(5)6(13)4-14-7/h1-4H,13H2. The average molecular weight is 217 g/mol. The topological polar surface area (TPSA) is 26.0 Å². The Kier molecular flexibility index (Phi) is 1.92. The molecule has 0 unspecified atom stereocenters. The number of fused-ring (bicyclic) bond motifs is 1. The van der Waals surface area contributed by atoms with E-state index in [1.165, 1.54) is 22.8 Å². The van der Waals surface area contributed by atoms with Crippen molar-refractivity contribution in [2.75, 3.05) is 5.73 Å². The molecule has 14 heavy (non-hydrogen) atoms. The summed E-state index contributed by atoms with van der Waals surface area (Å²) in [5, 5.41) is 1.64. The highest BCUT2D eigenvalue weighted by Crippen LogP contribution is 2.39. The molecule has 0 radical (unpaired) electrons. The van der Waals surface area contributed by atoms with Gasteiger partial charge < -0.3 is 5.73 Å². The van der Waals surface area contributed by atoms with Crippen LogP contribution in [0.2, 0.25) is 0 Å². The summed E-state index contributed by atoms with van der Waals surface area (Å²) in [6.07, 6.45) is -4.34. The normalized spacial score (nSPS) is 12.2. The van der Waals surface area contributed by atoms with E-state index < -0.39 is 11.7 Å². The van der Waals surface area contributed by atoms with Crippen LogP contribution < -0.4 is 5.73 Å². The molecule has 1 heterocycles. The van der Waals surface area contributed by atoms with Crippen molar-refractivity contribution in [3.63, 3.8) is 0 Å². The fourth-order valence-corrected chi connectivity index (χ4v) is 2.22. The summed E-state index contributed by atoms with van der Waals surface area (Å²) in [6, 6.07) is 4.07. The molecule has 1 aromatic carbocycles. The lowest BCUT2D eigenvalue weighted by Crippen LogP contribution is -2.05. The van der Waals surface area contributed by atoms with Crippen molar-refractivity contribution in [3.05, 3.63) is 29.1 Å². The summed E-state index contributed by atoms with van der Waals surface area (Å²) < 4.78 is 38.1. The van der Waals surface area contributed by atoms with Crippen LogP contribution in [0.25, 0.3) is 10.1 Å². The molecule has 1 nitrogen and oxygen atoms in total. The summed E-state index contributed by atoms with van der Waals surface area (Å²) in [5.74, 6) is 0. The van der Waals surface area contributed by atoms with E-state index in [0.717, 1.165) is 6.07 Å². The highest BCUT2D eigenvalue weighted by molar-refractivity contribution is 7.17. The van der Waals surface area contributed by atoms with Gasteiger partial charge in [0.15, 0.2) is 0 Å². The third kappa shape index (κ3) is 1.33. The van der Waals surface area contributed by atoms with Crippen LogP contribution in [-0.4, -0.2) is 0 Å². The van der Waals surface area contributed by atoms with Crippen molar-refractivity contribution in [1.82, 2.24) is 0 Å². The molecule has 0 atom stereocenters. The Bertz CT molecular complexity index is 472. The van der Waals surface area contributed by atoms with Gasteiger partial charge in [0.25, 0.3) is 0 Å². The van der Waals surface area contributed by atoms with Crippen LogP contribution in [0.4, 0.5) is 18.9 Å². The number of thiophene rings is 1. The predicted octanol–water partition coefficient (Wildman–Crippen LogP) is 3.50. The summed E-state index contributed by atoms with van der Waals surface area (Å²) in [4.78, 5) is 0. The lowest BCUT2D eigenvalue weighted by atomic mass is 10.1. The molecule has 1 aromatic heterocycles. The third-order valence-electron chi connectivity index (χ3n) is 1.93. The Morgan fingerprint density at radius 1 is 1.21 bits per heavy atom. The van der Waals surface area contributed by atoms with Gasteiger partial charge in [-0.15, -0.1) is 11.3 Å². The van der Waals surface area contributed by atoms with Crippen molar-refractivity contribution in [2.24, 2.45) is 0 Å². The molecule has 0 aliphatic carbocycles. The number of hydrogen-bond donors (Lipinski definition) is 1. The maximum absolute atomic E-state index is 12.5. The molecule has 2 N–H and O–H groups in total. The monoisotopic (exact) mass is 217 g/mol. The quantitative estimate of drug-likeness (QED) is 0.718. The molecule has 0 saturated carbocycles. The Balaban J connectivity index is 2.82. The van der Waals surface area contributed by atoms with E-state index in [-0.39, 0.29) is 11.1 Å². The number of rotatable bonds is 0. The Morgan fingerprint density at radius 2 is 1.93 bits per heavy atom. The molecule has 0 aliphatic rings. The number of halogens is 3. The minimum atomic E-state index is -4.34. The zero-order valence-electron chi connectivity index (χ0n) is 6.93. The molecule has 0 bridgehead atoms. The zero-order valence-corrected chi connectivity index (χ0v) is 7.75. The zero-order chi connectivity index (χ0) is 10.3. The molecule has 2 rings (SSSR count). The summed E-state index contributed by atoms with van der Waals surface area (Å²) in [7, 11) is 0. The van der Waals surface area contributed by atoms with Gasteiger partial charge in [0.2, 0.25) is 0 Å². The van der Waals surface area contributed by atoms with Gasteiger partial charge in [0, 0.05) is 15.5 Å². The van der Waals surface area contributed by atoms with Gasteiger partial charge in [0.05, 0.1) is 11.3 Å². The molecule has 0 saturated heterocycles. The van der Waals surface area contributed by atoms with Gasteiger partial charge in [-0.3, -0.25) is 0 Å². The number of nitrogens with two attached hydrogens (primary N) is 1. The highest BCUT2D eigenvalue weighted by atomic mass is 32.1. The molecule has 0 amide bonds. The van der Waals surface area contributed by atoms with E-state index in [1.54, 1.807) is 6.07 Å². The van der Waals surface area contributed by atoms with Crippen molar-refractivity contribution >= 4 is 27.1 Å². The van der Waals surface area contributed by atoms with E-state index in [4.69, 9.17) is 5.73 Å². The van der Waals surface area contributed by atoms with Crippen LogP contribution in [0, 0.1) is 0 Å². The maximum atomic E-state index is 12.5. The molecular formula is C9H6F3NS. The predicted molar refractivity (Wildman–Crippen MR) is 51.2 cm³/mol. The first-order valence-corrected chi connectivity index (χ1v) is 4.71. The second kappa shape index (κ2) is 2.88. The molecule has 5 heteroatoms. The van der Waals surface area contributed by atoms with E-state index in [2.05, 4.69) is 0 Å². The van der Waals surface area contributed by atoms with Crippen LogP contribution in [0.1, 0.15) is 5.56 Å². The summed E-state index contributed by atoms with van der Waals surface area (Å²) >= 11 is 1.22. The second-order valence-electron chi connectivity index (χ2n) is 2.87. The molecule has 0 spiro atoms. The number of alkyl halides is 3. The molecule has 0 fully saturated rings. The first-order valence-electron chi connectivity index (χ1n) is 3.83. The van der Waals surface area contributed by atoms with Crippen LogP contribution in [0.5, 0.6) is 0 Å². The summed E-state index contributed by atoms with van der Waals surface area (Å²) in [5.41, 5.74) is 5.02. The Hall–Kier alpha value is -1.23. The van der Waals surface area contributed by atoms with Gasteiger partial charge in [-0.25, -0.2) is 0 Å². The van der Waals surface area contributed by atoms with Gasteiger partial charge in [-0.05, 0) is 12.1 Å².